The summed E-state index contributed by atoms with van der Waals surface area (Å²) in [5, 5.41) is 5.10. The Morgan fingerprint density at radius 1 is 1.07 bits per heavy atom. The van der Waals surface area contributed by atoms with E-state index in [1.54, 1.807) is 0 Å². The highest BCUT2D eigenvalue weighted by Crippen LogP contribution is 2.15. The van der Waals surface area contributed by atoms with E-state index in [4.69, 9.17) is 4.74 Å². The zero-order valence-corrected chi connectivity index (χ0v) is 16.4. The minimum absolute atomic E-state index is 0.202. The molecule has 0 aliphatic heterocycles. The number of aryl methyl sites for hydroxylation is 2. The van der Waals surface area contributed by atoms with Crippen molar-refractivity contribution in [3.05, 3.63) is 59.2 Å². The maximum Gasteiger partial charge on any atom is 0.326 e. The van der Waals surface area contributed by atoms with Crippen molar-refractivity contribution in [2.24, 2.45) is 0 Å². The maximum atomic E-state index is 12.1. The molecular weight excluding hydrogens is 342 g/mol. The molecule has 27 heavy (non-hydrogen) atoms. The highest BCUT2D eigenvalue weighted by atomic mass is 16.5. The Labute approximate surface area is 160 Å². The zero-order valence-electron chi connectivity index (χ0n) is 16.4. The lowest BCUT2D eigenvalue weighted by atomic mass is 10.1. The molecule has 6 nitrogen and oxygen atoms in total. The second-order valence-corrected chi connectivity index (χ2v) is 6.71. The first-order chi connectivity index (χ1) is 12.9. The standard InChI is InChI=1S/C21H27N3O3/c1-5-27-18-9-7-17(8-10-18)13-24(4)14-20(25)23-21(26)22-19-11-6-15(2)12-16(19)3/h6-12H,5,13-14H2,1-4H3,(H2,22,23,25,26)/p+1. The van der Waals surface area contributed by atoms with Gasteiger partial charge in [0, 0.05) is 11.3 Å². The summed E-state index contributed by atoms with van der Waals surface area (Å²) in [7, 11) is 1.91. The maximum absolute atomic E-state index is 12.1. The number of ether oxygens (including phenoxy) is 1. The van der Waals surface area contributed by atoms with Gasteiger partial charge in [-0.15, -0.1) is 0 Å². The number of rotatable bonds is 7. The molecule has 2 rings (SSSR count). The second kappa shape index (κ2) is 9.73. The normalized spacial score (nSPS) is 11.6. The third-order valence-electron chi connectivity index (χ3n) is 4.09. The SMILES string of the molecule is CCOc1ccc(C[NH+](C)CC(=O)NC(=O)Nc2ccc(C)cc2C)cc1. The van der Waals surface area contributed by atoms with Gasteiger partial charge < -0.3 is 15.0 Å². The van der Waals surface area contributed by atoms with Crippen LogP contribution in [0.3, 0.4) is 0 Å². The predicted octanol–water partition coefficient (Wildman–Crippen LogP) is 2.07. The fourth-order valence-corrected chi connectivity index (χ4v) is 2.83. The number of imide groups is 1. The van der Waals surface area contributed by atoms with E-state index >= 15 is 0 Å². The van der Waals surface area contributed by atoms with Crippen molar-refractivity contribution in [1.82, 2.24) is 5.32 Å². The number of quaternary nitrogens is 1. The highest BCUT2D eigenvalue weighted by Gasteiger charge is 2.14. The van der Waals surface area contributed by atoms with Crippen LogP contribution in [-0.2, 0) is 11.3 Å². The van der Waals surface area contributed by atoms with Crippen LogP contribution in [-0.4, -0.2) is 32.1 Å². The van der Waals surface area contributed by atoms with Crippen molar-refractivity contribution in [3.63, 3.8) is 0 Å². The van der Waals surface area contributed by atoms with Crippen LogP contribution in [0, 0.1) is 13.8 Å². The Hall–Kier alpha value is -2.86. The summed E-state index contributed by atoms with van der Waals surface area (Å²) < 4.78 is 5.42. The van der Waals surface area contributed by atoms with Gasteiger partial charge >= 0.3 is 6.03 Å². The van der Waals surface area contributed by atoms with Crippen molar-refractivity contribution in [2.75, 3.05) is 25.5 Å². The quantitative estimate of drug-likeness (QED) is 0.699. The monoisotopic (exact) mass is 370 g/mol. The Bertz CT molecular complexity index is 788. The van der Waals surface area contributed by atoms with E-state index < -0.39 is 6.03 Å². The van der Waals surface area contributed by atoms with E-state index in [0.717, 1.165) is 27.3 Å². The largest absolute Gasteiger partial charge is 0.494 e. The van der Waals surface area contributed by atoms with E-state index in [1.165, 1.54) is 0 Å². The summed E-state index contributed by atoms with van der Waals surface area (Å²) >= 11 is 0. The summed E-state index contributed by atoms with van der Waals surface area (Å²) in [6.07, 6.45) is 0. The molecule has 0 heterocycles. The van der Waals surface area contributed by atoms with Gasteiger partial charge in [-0.3, -0.25) is 10.1 Å². The van der Waals surface area contributed by atoms with Gasteiger partial charge in [-0.2, -0.15) is 0 Å². The molecule has 1 unspecified atom stereocenters. The van der Waals surface area contributed by atoms with E-state index in [2.05, 4.69) is 10.6 Å². The van der Waals surface area contributed by atoms with Gasteiger partial charge in [0.15, 0.2) is 6.54 Å². The Balaban J connectivity index is 1.80. The van der Waals surface area contributed by atoms with Crippen LogP contribution < -0.4 is 20.3 Å². The smallest absolute Gasteiger partial charge is 0.326 e. The van der Waals surface area contributed by atoms with E-state index in [1.807, 2.05) is 70.3 Å². The summed E-state index contributed by atoms with van der Waals surface area (Å²) in [4.78, 5) is 25.1. The van der Waals surface area contributed by atoms with Gasteiger partial charge in [0.25, 0.3) is 5.91 Å². The molecule has 3 N–H and O–H groups in total. The molecule has 144 valence electrons. The van der Waals surface area contributed by atoms with Gasteiger partial charge in [0.05, 0.1) is 13.7 Å². The first-order valence-electron chi connectivity index (χ1n) is 9.08. The van der Waals surface area contributed by atoms with Gasteiger partial charge in [-0.1, -0.05) is 17.7 Å². The number of carbonyl (C=O) groups excluding carboxylic acids is 2. The molecule has 0 aromatic heterocycles. The van der Waals surface area contributed by atoms with Crippen molar-refractivity contribution in [3.8, 4) is 5.75 Å². The molecule has 0 fully saturated rings. The zero-order chi connectivity index (χ0) is 19.8. The molecule has 0 spiro atoms. The first-order valence-corrected chi connectivity index (χ1v) is 9.08. The van der Waals surface area contributed by atoms with Gasteiger partial charge in [0.2, 0.25) is 0 Å². The number of carbonyl (C=O) groups is 2. The number of benzene rings is 2. The summed E-state index contributed by atoms with van der Waals surface area (Å²) in [5.41, 5.74) is 3.87. The molecule has 0 bridgehead atoms. The number of nitrogens with one attached hydrogen (secondary N) is 3. The van der Waals surface area contributed by atoms with E-state index in [0.29, 0.717) is 18.8 Å². The molecule has 0 aliphatic rings. The minimum Gasteiger partial charge on any atom is -0.494 e. The lowest BCUT2D eigenvalue weighted by Gasteiger charge is -2.14. The highest BCUT2D eigenvalue weighted by molar-refractivity contribution is 6.01. The second-order valence-electron chi connectivity index (χ2n) is 6.71. The fraction of sp³-hybridized carbons (Fsp3) is 0.333. The summed E-state index contributed by atoms with van der Waals surface area (Å²) in [6.45, 7) is 7.37. The van der Waals surface area contributed by atoms with Crippen LogP contribution >= 0.6 is 0 Å². The van der Waals surface area contributed by atoms with Crippen LogP contribution in [0.5, 0.6) is 5.75 Å². The Kier molecular flexibility index (Phi) is 7.37. The number of urea groups is 1. The average Bonchev–Trinajstić information content (AvgIpc) is 2.59. The molecule has 0 aliphatic carbocycles. The molecule has 0 saturated carbocycles. The topological polar surface area (TPSA) is 71.9 Å². The molecule has 6 heteroatoms. The molecule has 0 radical (unpaired) electrons. The van der Waals surface area contributed by atoms with Gasteiger partial charge in [-0.25, -0.2) is 4.79 Å². The molecule has 2 aromatic carbocycles. The van der Waals surface area contributed by atoms with E-state index in [-0.39, 0.29) is 12.5 Å². The van der Waals surface area contributed by atoms with Crippen molar-refractivity contribution in [1.29, 1.82) is 0 Å². The van der Waals surface area contributed by atoms with Crippen molar-refractivity contribution < 1.29 is 19.2 Å². The Morgan fingerprint density at radius 3 is 2.41 bits per heavy atom. The number of anilines is 1. The van der Waals surface area contributed by atoms with Crippen molar-refractivity contribution >= 4 is 17.6 Å². The van der Waals surface area contributed by atoms with Crippen LogP contribution in [0.25, 0.3) is 0 Å². The van der Waals surface area contributed by atoms with E-state index in [9.17, 15) is 9.59 Å². The molecule has 3 amide bonds. The average molecular weight is 370 g/mol. The van der Waals surface area contributed by atoms with Crippen molar-refractivity contribution in [2.45, 2.75) is 27.3 Å². The summed E-state index contributed by atoms with van der Waals surface area (Å²) in [5.74, 6) is 0.514. The van der Waals surface area contributed by atoms with Gasteiger partial charge in [-0.05, 0) is 56.7 Å². The number of likely N-dealkylation sites (N-methyl/N-ethyl adjacent to an activating group) is 1. The number of hydrogen-bond acceptors (Lipinski definition) is 3. The molecule has 1 atom stereocenters. The third-order valence-corrected chi connectivity index (χ3v) is 4.09. The van der Waals surface area contributed by atoms with Crippen LogP contribution in [0.4, 0.5) is 10.5 Å². The lowest BCUT2D eigenvalue weighted by Crippen LogP contribution is -3.09. The molecule has 0 saturated heterocycles. The third kappa shape index (κ3) is 6.75. The Morgan fingerprint density at radius 2 is 1.78 bits per heavy atom. The van der Waals surface area contributed by atoms with Gasteiger partial charge in [0.1, 0.15) is 12.3 Å². The number of amides is 3. The lowest BCUT2D eigenvalue weighted by molar-refractivity contribution is -0.885. The molecular formula is C21H28N3O3+. The number of hydrogen-bond donors (Lipinski definition) is 3. The molecule has 2 aromatic rings. The fourth-order valence-electron chi connectivity index (χ4n) is 2.83. The van der Waals surface area contributed by atoms with Crippen LogP contribution in [0.15, 0.2) is 42.5 Å². The predicted molar refractivity (Wildman–Crippen MR) is 106 cm³/mol. The van der Waals surface area contributed by atoms with Crippen LogP contribution in [0.2, 0.25) is 0 Å². The minimum atomic E-state index is -0.513. The summed E-state index contributed by atoms with van der Waals surface area (Å²) in [6, 6.07) is 13.0. The first kappa shape index (κ1) is 20.5. The van der Waals surface area contributed by atoms with Crippen LogP contribution in [0.1, 0.15) is 23.6 Å².